The Balaban J connectivity index is 2.16. The largest absolute Gasteiger partial charge is 0.416 e. The van der Waals surface area contributed by atoms with Crippen LogP contribution in [0.5, 0.6) is 0 Å². The topological polar surface area (TPSA) is 49.5 Å². The van der Waals surface area contributed by atoms with Gasteiger partial charge < -0.3 is 10.8 Å². The van der Waals surface area contributed by atoms with E-state index in [2.05, 4.69) is 0 Å². The molecule has 1 saturated heterocycles. The van der Waals surface area contributed by atoms with Crippen molar-refractivity contribution in [3.63, 3.8) is 0 Å². The zero-order valence-corrected chi connectivity index (χ0v) is 10.5. The van der Waals surface area contributed by atoms with E-state index in [1.807, 2.05) is 4.90 Å². The van der Waals surface area contributed by atoms with E-state index in [4.69, 9.17) is 5.73 Å². The highest BCUT2D eigenvalue weighted by Crippen LogP contribution is 2.34. The number of anilines is 1. The number of nitrogens with two attached hydrogens (primary N) is 1. The lowest BCUT2D eigenvalue weighted by Crippen LogP contribution is -2.35. The molecule has 0 amide bonds. The molecular weight excluding hydrogens is 257 g/mol. The molecule has 0 aliphatic carbocycles. The lowest BCUT2D eigenvalue weighted by atomic mass is 10.0. The van der Waals surface area contributed by atoms with Crippen molar-refractivity contribution in [2.24, 2.45) is 0 Å². The van der Waals surface area contributed by atoms with Crippen LogP contribution in [0, 0.1) is 0 Å². The van der Waals surface area contributed by atoms with E-state index in [0.717, 1.165) is 6.07 Å². The number of rotatable bonds is 2. The normalized spacial score (nSPS) is 18.7. The van der Waals surface area contributed by atoms with E-state index in [1.54, 1.807) is 0 Å². The third kappa shape index (κ3) is 3.61. The van der Waals surface area contributed by atoms with Crippen LogP contribution in [0.25, 0.3) is 0 Å². The molecule has 0 unspecified atom stereocenters. The molecular formula is C13H17F3N2O. The number of hydrogen-bond donors (Lipinski definition) is 2. The van der Waals surface area contributed by atoms with Gasteiger partial charge in [0.25, 0.3) is 0 Å². The highest BCUT2D eigenvalue weighted by molar-refractivity contribution is 5.46. The van der Waals surface area contributed by atoms with Gasteiger partial charge in [0, 0.05) is 25.3 Å². The van der Waals surface area contributed by atoms with Crippen molar-refractivity contribution in [2.75, 3.05) is 18.8 Å². The van der Waals surface area contributed by atoms with Crippen LogP contribution in [0.2, 0.25) is 0 Å². The first kappa shape index (κ1) is 14.1. The van der Waals surface area contributed by atoms with E-state index in [-0.39, 0.29) is 23.9 Å². The second-order valence-corrected chi connectivity index (χ2v) is 4.92. The average Bonchev–Trinajstić information content (AvgIpc) is 2.33. The van der Waals surface area contributed by atoms with E-state index >= 15 is 0 Å². The van der Waals surface area contributed by atoms with Gasteiger partial charge in [-0.2, -0.15) is 13.2 Å². The Morgan fingerprint density at radius 3 is 2.47 bits per heavy atom. The number of alkyl halides is 3. The molecule has 0 spiro atoms. The highest BCUT2D eigenvalue weighted by atomic mass is 19.4. The number of nitrogen functional groups attached to an aromatic ring is 1. The summed E-state index contributed by atoms with van der Waals surface area (Å²) in [5.41, 5.74) is 5.11. The monoisotopic (exact) mass is 274 g/mol. The molecule has 0 atom stereocenters. The van der Waals surface area contributed by atoms with Crippen LogP contribution in [0.4, 0.5) is 18.9 Å². The molecule has 1 aliphatic rings. The quantitative estimate of drug-likeness (QED) is 0.813. The molecule has 3 nitrogen and oxygen atoms in total. The molecule has 3 N–H and O–H groups in total. The van der Waals surface area contributed by atoms with Gasteiger partial charge in [0.05, 0.1) is 11.7 Å². The molecule has 2 rings (SSSR count). The summed E-state index contributed by atoms with van der Waals surface area (Å²) in [5.74, 6) is 0. The molecule has 6 heteroatoms. The number of hydrogen-bond acceptors (Lipinski definition) is 3. The second kappa shape index (κ2) is 5.38. The predicted molar refractivity (Wildman–Crippen MR) is 66.4 cm³/mol. The maximum absolute atomic E-state index is 12.9. The van der Waals surface area contributed by atoms with Gasteiger partial charge in [-0.1, -0.05) is 6.07 Å². The second-order valence-electron chi connectivity index (χ2n) is 4.92. The summed E-state index contributed by atoms with van der Waals surface area (Å²) in [7, 11) is 0. The van der Waals surface area contributed by atoms with Gasteiger partial charge in [-0.05, 0) is 30.5 Å². The van der Waals surface area contributed by atoms with E-state index < -0.39 is 11.7 Å². The minimum atomic E-state index is -4.39. The van der Waals surface area contributed by atoms with Crippen molar-refractivity contribution in [3.05, 3.63) is 29.3 Å². The molecule has 0 saturated carbocycles. The van der Waals surface area contributed by atoms with Gasteiger partial charge in [0.15, 0.2) is 0 Å². The van der Waals surface area contributed by atoms with Gasteiger partial charge >= 0.3 is 6.18 Å². The lowest BCUT2D eigenvalue weighted by Gasteiger charge is -2.30. The molecule has 106 valence electrons. The maximum atomic E-state index is 12.9. The summed E-state index contributed by atoms with van der Waals surface area (Å²) in [6.45, 7) is 1.47. The fourth-order valence-electron chi connectivity index (χ4n) is 2.31. The smallest absolute Gasteiger partial charge is 0.399 e. The molecule has 1 heterocycles. The Labute approximate surface area is 109 Å². The number of aliphatic hydroxyl groups is 1. The predicted octanol–water partition coefficient (Wildman–Crippen LogP) is 2.24. The zero-order valence-electron chi connectivity index (χ0n) is 10.5. The molecule has 0 radical (unpaired) electrons. The van der Waals surface area contributed by atoms with E-state index in [9.17, 15) is 18.3 Å². The summed E-state index contributed by atoms with van der Waals surface area (Å²) in [6.07, 6.45) is -3.50. The summed E-state index contributed by atoms with van der Waals surface area (Å²) in [6, 6.07) is 3.90. The van der Waals surface area contributed by atoms with Crippen molar-refractivity contribution in [2.45, 2.75) is 31.7 Å². The number of likely N-dealkylation sites (tertiary alicyclic amines) is 1. The first-order valence-corrected chi connectivity index (χ1v) is 6.22. The summed E-state index contributed by atoms with van der Waals surface area (Å²) >= 11 is 0. The third-order valence-corrected chi connectivity index (χ3v) is 3.39. The summed E-state index contributed by atoms with van der Waals surface area (Å²) in [4.78, 5) is 1.92. The van der Waals surface area contributed by atoms with E-state index in [0.29, 0.717) is 25.9 Å². The van der Waals surface area contributed by atoms with Gasteiger partial charge in [0.1, 0.15) is 0 Å². The van der Waals surface area contributed by atoms with Gasteiger partial charge in [-0.15, -0.1) is 0 Å². The number of halogens is 3. The van der Waals surface area contributed by atoms with Crippen LogP contribution in [0.1, 0.15) is 24.0 Å². The van der Waals surface area contributed by atoms with Crippen LogP contribution < -0.4 is 5.73 Å². The zero-order chi connectivity index (χ0) is 14.0. The van der Waals surface area contributed by atoms with Gasteiger partial charge in [0.2, 0.25) is 0 Å². The van der Waals surface area contributed by atoms with E-state index in [1.165, 1.54) is 12.1 Å². The van der Waals surface area contributed by atoms with Gasteiger partial charge in [-0.25, -0.2) is 0 Å². The minimum Gasteiger partial charge on any atom is -0.399 e. The molecule has 0 bridgehead atoms. The lowest BCUT2D eigenvalue weighted by molar-refractivity contribution is -0.138. The SMILES string of the molecule is Nc1ccc(CN2CCC(O)CC2)c(C(F)(F)F)c1. The standard InChI is InChI=1S/C13H17F3N2O/c14-13(15,16)12-7-10(17)2-1-9(12)8-18-5-3-11(19)4-6-18/h1-2,7,11,19H,3-6,8,17H2. The van der Waals surface area contributed by atoms with Crippen molar-refractivity contribution >= 4 is 5.69 Å². The first-order chi connectivity index (χ1) is 8.86. The molecule has 0 aromatic heterocycles. The van der Waals surface area contributed by atoms with Crippen molar-refractivity contribution in [3.8, 4) is 0 Å². The number of nitrogens with zero attached hydrogens (tertiary/aromatic N) is 1. The average molecular weight is 274 g/mol. The Morgan fingerprint density at radius 1 is 1.26 bits per heavy atom. The maximum Gasteiger partial charge on any atom is 0.416 e. The Bertz CT molecular complexity index is 440. The number of aliphatic hydroxyl groups excluding tert-OH is 1. The van der Waals surface area contributed by atoms with Crippen molar-refractivity contribution < 1.29 is 18.3 Å². The Kier molecular flexibility index (Phi) is 4.01. The Morgan fingerprint density at radius 2 is 1.89 bits per heavy atom. The molecule has 1 aromatic carbocycles. The van der Waals surface area contributed by atoms with Crippen LogP contribution in [0.15, 0.2) is 18.2 Å². The molecule has 1 aromatic rings. The minimum absolute atomic E-state index is 0.116. The Hall–Kier alpha value is -1.27. The van der Waals surface area contributed by atoms with Crippen LogP contribution in [-0.2, 0) is 12.7 Å². The van der Waals surface area contributed by atoms with Crippen LogP contribution in [-0.4, -0.2) is 29.2 Å². The van der Waals surface area contributed by atoms with Crippen molar-refractivity contribution in [1.29, 1.82) is 0 Å². The number of piperidine rings is 1. The molecule has 1 fully saturated rings. The summed E-state index contributed by atoms with van der Waals surface area (Å²) < 4.78 is 38.8. The fourth-order valence-corrected chi connectivity index (χ4v) is 2.31. The van der Waals surface area contributed by atoms with Crippen molar-refractivity contribution in [1.82, 2.24) is 4.90 Å². The highest BCUT2D eigenvalue weighted by Gasteiger charge is 2.34. The van der Waals surface area contributed by atoms with Crippen LogP contribution >= 0.6 is 0 Å². The van der Waals surface area contributed by atoms with Crippen LogP contribution in [0.3, 0.4) is 0 Å². The third-order valence-electron chi connectivity index (χ3n) is 3.39. The molecule has 1 aliphatic heterocycles. The summed E-state index contributed by atoms with van der Waals surface area (Å²) in [5, 5.41) is 9.39. The number of benzene rings is 1. The first-order valence-electron chi connectivity index (χ1n) is 6.22. The fraction of sp³-hybridized carbons (Fsp3) is 0.538. The molecule has 19 heavy (non-hydrogen) atoms. The van der Waals surface area contributed by atoms with Gasteiger partial charge in [-0.3, -0.25) is 4.90 Å².